The van der Waals surface area contributed by atoms with Crippen LogP contribution in [0.2, 0.25) is 0 Å². The monoisotopic (exact) mass is 593 g/mol. The van der Waals surface area contributed by atoms with Crippen LogP contribution in [0.3, 0.4) is 0 Å². The van der Waals surface area contributed by atoms with E-state index in [1.54, 1.807) is 28.6 Å². The van der Waals surface area contributed by atoms with Gasteiger partial charge in [-0.25, -0.2) is 17.5 Å². The molecule has 1 aliphatic carbocycles. The molecule has 1 saturated heterocycles. The first-order valence-electron chi connectivity index (χ1n) is 14.8. The van der Waals surface area contributed by atoms with E-state index in [0.29, 0.717) is 30.8 Å². The van der Waals surface area contributed by atoms with Gasteiger partial charge < -0.3 is 9.80 Å². The summed E-state index contributed by atoms with van der Waals surface area (Å²) in [6, 6.07) is 13.8. The third kappa shape index (κ3) is 6.25. The summed E-state index contributed by atoms with van der Waals surface area (Å²) in [5.41, 5.74) is 4.84. The number of hydrogen-bond donors (Lipinski definition) is 0. The van der Waals surface area contributed by atoms with E-state index >= 15 is 0 Å². The Balaban J connectivity index is 1.47. The number of halogens is 1. The summed E-state index contributed by atoms with van der Waals surface area (Å²) in [6.07, 6.45) is 6.49. The molecule has 1 fully saturated rings. The van der Waals surface area contributed by atoms with Crippen LogP contribution in [0.5, 0.6) is 0 Å². The van der Waals surface area contributed by atoms with Gasteiger partial charge in [-0.15, -0.1) is 0 Å². The zero-order valence-electron chi connectivity index (χ0n) is 25.8. The third-order valence-electron chi connectivity index (χ3n) is 8.66. The second kappa shape index (κ2) is 11.7. The number of hydrogen-bond acceptors (Lipinski definition) is 5. The standard InChI is InChI=1S/C33H44FN5O2S/c1-32(2,3)26-8-14-30(15-9-26)42(40,41)38-19-16-27-20-31-25(22-35-39(31)29-12-10-28(34)11-13-29)21-33(27,24-38)23-37(6)18-7-17-36(4)5/h8-15,20,22H,7,16-19,21,23-24H2,1-6H3. The van der Waals surface area contributed by atoms with Gasteiger partial charge in [0, 0.05) is 25.0 Å². The van der Waals surface area contributed by atoms with Gasteiger partial charge in [0.05, 0.1) is 22.5 Å². The van der Waals surface area contributed by atoms with E-state index < -0.39 is 10.0 Å². The number of benzene rings is 2. The summed E-state index contributed by atoms with van der Waals surface area (Å²) in [5, 5.41) is 4.68. The van der Waals surface area contributed by atoms with Gasteiger partial charge in [0.15, 0.2) is 0 Å². The summed E-state index contributed by atoms with van der Waals surface area (Å²) in [4.78, 5) is 4.88. The Labute approximate surface area is 250 Å². The molecule has 0 amide bonds. The van der Waals surface area contributed by atoms with Gasteiger partial charge in [0.1, 0.15) is 5.82 Å². The minimum absolute atomic E-state index is 0.0491. The zero-order chi connectivity index (χ0) is 30.3. The molecule has 9 heteroatoms. The van der Waals surface area contributed by atoms with Gasteiger partial charge in [0.25, 0.3) is 0 Å². The maximum absolute atomic E-state index is 14.0. The molecule has 0 N–H and O–H groups in total. The Morgan fingerprint density at radius 3 is 2.33 bits per heavy atom. The molecule has 0 saturated carbocycles. The lowest BCUT2D eigenvalue weighted by atomic mass is 9.68. The van der Waals surface area contributed by atoms with Gasteiger partial charge in [-0.05, 0) is 113 Å². The minimum Gasteiger partial charge on any atom is -0.309 e. The number of fused-ring (bicyclic) bond motifs is 2. The van der Waals surface area contributed by atoms with Crippen LogP contribution in [-0.2, 0) is 21.9 Å². The van der Waals surface area contributed by atoms with E-state index in [1.165, 1.54) is 17.7 Å². The summed E-state index contributed by atoms with van der Waals surface area (Å²) in [6.45, 7) is 9.91. The molecule has 42 heavy (non-hydrogen) atoms. The van der Waals surface area contributed by atoms with Crippen LogP contribution in [0.4, 0.5) is 4.39 Å². The van der Waals surface area contributed by atoms with Crippen molar-refractivity contribution < 1.29 is 12.8 Å². The average Bonchev–Trinajstić information content (AvgIpc) is 3.33. The number of aromatic nitrogens is 2. The summed E-state index contributed by atoms with van der Waals surface area (Å²) in [5.74, 6) is -0.281. The van der Waals surface area contributed by atoms with Crippen LogP contribution in [0.15, 0.2) is 65.2 Å². The largest absolute Gasteiger partial charge is 0.309 e. The van der Waals surface area contributed by atoms with Crippen LogP contribution in [0.25, 0.3) is 11.8 Å². The van der Waals surface area contributed by atoms with E-state index in [1.807, 2.05) is 23.0 Å². The molecular formula is C33H44FN5O2S. The Kier molecular flexibility index (Phi) is 8.51. The predicted molar refractivity (Wildman–Crippen MR) is 167 cm³/mol. The van der Waals surface area contributed by atoms with Gasteiger partial charge in [-0.1, -0.05) is 38.5 Å². The van der Waals surface area contributed by atoms with Crippen molar-refractivity contribution >= 4 is 16.1 Å². The molecule has 2 aliphatic rings. The first kappa shape index (κ1) is 30.6. The molecule has 226 valence electrons. The first-order chi connectivity index (χ1) is 19.8. The average molecular weight is 594 g/mol. The second-order valence-corrected chi connectivity index (χ2v) is 15.3. The van der Waals surface area contributed by atoms with E-state index in [-0.39, 0.29) is 16.6 Å². The highest BCUT2D eigenvalue weighted by molar-refractivity contribution is 7.89. The van der Waals surface area contributed by atoms with Crippen molar-refractivity contribution in [3.63, 3.8) is 0 Å². The highest BCUT2D eigenvalue weighted by Crippen LogP contribution is 2.46. The molecule has 1 atom stereocenters. The lowest BCUT2D eigenvalue weighted by Crippen LogP contribution is -2.53. The van der Waals surface area contributed by atoms with Crippen molar-refractivity contribution in [2.75, 3.05) is 53.9 Å². The van der Waals surface area contributed by atoms with Gasteiger partial charge in [-0.2, -0.15) is 9.40 Å². The molecular weight excluding hydrogens is 549 g/mol. The Morgan fingerprint density at radius 2 is 1.69 bits per heavy atom. The summed E-state index contributed by atoms with van der Waals surface area (Å²) >= 11 is 0. The molecule has 1 unspecified atom stereocenters. The molecule has 0 radical (unpaired) electrons. The minimum atomic E-state index is -3.67. The fourth-order valence-corrected chi connectivity index (χ4v) is 7.89. The summed E-state index contributed by atoms with van der Waals surface area (Å²) in [7, 11) is 2.63. The molecule has 3 aromatic rings. The Morgan fingerprint density at radius 1 is 1.00 bits per heavy atom. The maximum atomic E-state index is 14.0. The van der Waals surface area contributed by atoms with Gasteiger partial charge >= 0.3 is 0 Å². The quantitative estimate of drug-likeness (QED) is 0.341. The van der Waals surface area contributed by atoms with Crippen LogP contribution < -0.4 is 0 Å². The van der Waals surface area contributed by atoms with E-state index in [4.69, 9.17) is 0 Å². The molecule has 0 bridgehead atoms. The molecule has 0 spiro atoms. The van der Waals surface area contributed by atoms with Crippen LogP contribution in [0, 0.1) is 11.2 Å². The van der Waals surface area contributed by atoms with Crippen molar-refractivity contribution in [1.82, 2.24) is 23.9 Å². The van der Waals surface area contributed by atoms with Crippen LogP contribution in [0.1, 0.15) is 50.4 Å². The highest BCUT2D eigenvalue weighted by Gasteiger charge is 2.46. The first-order valence-corrected chi connectivity index (χ1v) is 16.2. The third-order valence-corrected chi connectivity index (χ3v) is 10.5. The number of sulfonamides is 1. The molecule has 2 heterocycles. The fourth-order valence-electron chi connectivity index (χ4n) is 6.36. The van der Waals surface area contributed by atoms with Crippen molar-refractivity contribution in [1.29, 1.82) is 0 Å². The topological polar surface area (TPSA) is 61.7 Å². The predicted octanol–water partition coefficient (Wildman–Crippen LogP) is 5.21. The maximum Gasteiger partial charge on any atom is 0.243 e. The molecule has 2 aromatic carbocycles. The van der Waals surface area contributed by atoms with E-state index in [0.717, 1.165) is 48.6 Å². The summed E-state index contributed by atoms with van der Waals surface area (Å²) < 4.78 is 45.2. The van der Waals surface area contributed by atoms with Crippen molar-refractivity contribution in [3.05, 3.63) is 82.9 Å². The fraction of sp³-hybridized carbons (Fsp3) is 0.485. The van der Waals surface area contributed by atoms with Gasteiger partial charge in [-0.3, -0.25) is 0 Å². The number of piperidine rings is 1. The Hall–Kier alpha value is -2.85. The lowest BCUT2D eigenvalue weighted by molar-refractivity contribution is 0.143. The molecule has 1 aliphatic heterocycles. The van der Waals surface area contributed by atoms with Crippen LogP contribution >= 0.6 is 0 Å². The van der Waals surface area contributed by atoms with E-state index in [9.17, 15) is 12.8 Å². The van der Waals surface area contributed by atoms with Crippen LogP contribution in [-0.4, -0.2) is 86.2 Å². The van der Waals surface area contributed by atoms with Gasteiger partial charge in [0.2, 0.25) is 10.0 Å². The Bertz CT molecular complexity index is 1540. The SMILES string of the molecule is CN(C)CCCN(C)CC12Cc3cnn(-c4ccc(F)cc4)c3C=C1CCN(S(=O)(=O)c1ccc(C(C)(C)C)cc1)C2. The molecule has 1 aromatic heterocycles. The smallest absolute Gasteiger partial charge is 0.243 e. The lowest BCUT2D eigenvalue weighted by Gasteiger charge is -2.47. The normalized spacial score (nSPS) is 19.6. The molecule has 7 nitrogen and oxygen atoms in total. The van der Waals surface area contributed by atoms with Crippen molar-refractivity contribution in [2.45, 2.75) is 50.3 Å². The van der Waals surface area contributed by atoms with Crippen molar-refractivity contribution in [2.24, 2.45) is 5.41 Å². The number of nitrogens with zero attached hydrogens (tertiary/aromatic N) is 5. The second-order valence-electron chi connectivity index (χ2n) is 13.3. The zero-order valence-corrected chi connectivity index (χ0v) is 26.6. The highest BCUT2D eigenvalue weighted by atomic mass is 32.2. The van der Waals surface area contributed by atoms with E-state index in [2.05, 4.69) is 62.9 Å². The van der Waals surface area contributed by atoms with Crippen molar-refractivity contribution in [3.8, 4) is 5.69 Å². The molecule has 5 rings (SSSR count). The number of rotatable bonds is 9.